The van der Waals surface area contributed by atoms with Gasteiger partial charge >= 0.3 is 0 Å². The number of halogens is 1. The van der Waals surface area contributed by atoms with Gasteiger partial charge in [0.2, 0.25) is 5.95 Å². The molecule has 0 unspecified atom stereocenters. The number of rotatable bonds is 5. The summed E-state index contributed by atoms with van der Waals surface area (Å²) < 4.78 is 22.6. The van der Waals surface area contributed by atoms with E-state index in [0.29, 0.717) is 24.1 Å². The Morgan fingerprint density at radius 3 is 2.70 bits per heavy atom. The number of nitrogens with two attached hydrogens (primary N) is 1. The van der Waals surface area contributed by atoms with Crippen LogP contribution in [0.2, 0.25) is 5.15 Å². The van der Waals surface area contributed by atoms with Crippen LogP contribution in [-0.2, 0) is 9.84 Å². The van der Waals surface area contributed by atoms with E-state index in [9.17, 15) is 8.42 Å². The molecule has 0 aliphatic carbocycles. The summed E-state index contributed by atoms with van der Waals surface area (Å²) >= 11 is 5.78. The summed E-state index contributed by atoms with van der Waals surface area (Å²) in [5, 5.41) is 3.43. The molecule has 0 radical (unpaired) electrons. The molecule has 1 aliphatic heterocycles. The lowest BCUT2D eigenvalue weighted by molar-refractivity contribution is 0.294. The van der Waals surface area contributed by atoms with Crippen LogP contribution in [0.1, 0.15) is 6.42 Å². The van der Waals surface area contributed by atoms with Gasteiger partial charge < -0.3 is 16.0 Å². The fraction of sp³-hybridized carbons (Fsp3) is 0.636. The Morgan fingerprint density at radius 2 is 2.05 bits per heavy atom. The maximum atomic E-state index is 11.3. The molecule has 3 N–H and O–H groups in total. The summed E-state index contributed by atoms with van der Waals surface area (Å²) in [6.45, 7) is 2.82. The van der Waals surface area contributed by atoms with Gasteiger partial charge in [0.25, 0.3) is 0 Å². The van der Waals surface area contributed by atoms with E-state index in [1.54, 1.807) is 6.07 Å². The van der Waals surface area contributed by atoms with Crippen molar-refractivity contribution in [1.82, 2.24) is 14.9 Å². The smallest absolute Gasteiger partial charge is 0.223 e. The molecule has 0 saturated carbocycles. The molecule has 1 aromatic heterocycles. The van der Waals surface area contributed by atoms with Crippen molar-refractivity contribution in [2.45, 2.75) is 6.42 Å². The van der Waals surface area contributed by atoms with E-state index >= 15 is 0 Å². The molecule has 7 nitrogen and oxygen atoms in total. The number of nitrogens with zero attached hydrogens (tertiary/aromatic N) is 3. The molecule has 1 fully saturated rings. The van der Waals surface area contributed by atoms with Gasteiger partial charge in [-0.25, -0.2) is 13.4 Å². The lowest BCUT2D eigenvalue weighted by Crippen LogP contribution is -2.41. The van der Waals surface area contributed by atoms with Gasteiger partial charge in [0.1, 0.15) is 11.0 Å². The van der Waals surface area contributed by atoms with E-state index in [-0.39, 0.29) is 17.5 Å². The zero-order valence-electron chi connectivity index (χ0n) is 11.0. The van der Waals surface area contributed by atoms with Gasteiger partial charge in [-0.05, 0) is 13.0 Å². The summed E-state index contributed by atoms with van der Waals surface area (Å²) in [7, 11) is -2.80. The molecule has 2 rings (SSSR count). The van der Waals surface area contributed by atoms with E-state index < -0.39 is 9.84 Å². The van der Waals surface area contributed by atoms with Crippen LogP contribution < -0.4 is 11.1 Å². The minimum absolute atomic E-state index is 0.140. The number of hydrogen-bond acceptors (Lipinski definition) is 7. The molecule has 2 heterocycles. The first-order valence-corrected chi connectivity index (χ1v) is 8.61. The van der Waals surface area contributed by atoms with Crippen molar-refractivity contribution < 1.29 is 8.42 Å². The Kier molecular flexibility index (Phi) is 5.00. The second-order valence-electron chi connectivity index (χ2n) is 4.71. The molecular weight excluding hydrogens is 302 g/mol. The topological polar surface area (TPSA) is 101 Å². The Hall–Kier alpha value is -1.12. The van der Waals surface area contributed by atoms with Gasteiger partial charge in [0.15, 0.2) is 9.84 Å². The van der Waals surface area contributed by atoms with Crippen LogP contribution in [0, 0.1) is 0 Å². The average molecular weight is 320 g/mol. The summed E-state index contributed by atoms with van der Waals surface area (Å²) in [5.74, 6) is 1.27. The van der Waals surface area contributed by atoms with Gasteiger partial charge in [-0.15, -0.1) is 0 Å². The first kappa shape index (κ1) is 15.3. The van der Waals surface area contributed by atoms with Crippen molar-refractivity contribution in [2.24, 2.45) is 0 Å². The third kappa shape index (κ3) is 4.77. The van der Waals surface area contributed by atoms with Crippen molar-refractivity contribution in [1.29, 1.82) is 0 Å². The Bertz CT molecular complexity index is 532. The van der Waals surface area contributed by atoms with E-state index in [2.05, 4.69) is 20.2 Å². The molecule has 1 aliphatic rings. The molecule has 1 aromatic rings. The van der Waals surface area contributed by atoms with Crippen molar-refractivity contribution in [3.05, 3.63) is 11.2 Å². The third-order valence-corrected chi connectivity index (χ3v) is 4.91. The van der Waals surface area contributed by atoms with Crippen molar-refractivity contribution in [3.63, 3.8) is 0 Å². The molecule has 0 amide bonds. The van der Waals surface area contributed by atoms with Crippen molar-refractivity contribution in [2.75, 3.05) is 48.7 Å². The molecule has 1 saturated heterocycles. The largest absolute Gasteiger partial charge is 0.370 e. The zero-order chi connectivity index (χ0) is 14.6. The van der Waals surface area contributed by atoms with Crippen LogP contribution in [0.5, 0.6) is 0 Å². The first-order valence-electron chi connectivity index (χ1n) is 6.41. The molecule has 9 heteroatoms. The molecule has 0 spiro atoms. The fourth-order valence-electron chi connectivity index (χ4n) is 2.02. The third-order valence-electron chi connectivity index (χ3n) is 3.11. The number of nitrogens with one attached hydrogen (secondary N) is 1. The number of sulfone groups is 1. The Balaban J connectivity index is 1.69. The lowest BCUT2D eigenvalue weighted by Gasteiger charge is -2.26. The van der Waals surface area contributed by atoms with Crippen LogP contribution in [-0.4, -0.2) is 61.0 Å². The van der Waals surface area contributed by atoms with Crippen LogP contribution in [0.3, 0.4) is 0 Å². The predicted octanol–water partition coefficient (Wildman–Crippen LogP) is 0.245. The molecule has 0 atom stereocenters. The molecule has 112 valence electrons. The average Bonchev–Trinajstić information content (AvgIpc) is 2.35. The Labute approximate surface area is 123 Å². The number of hydrogen-bond donors (Lipinski definition) is 2. The minimum atomic E-state index is -2.80. The SMILES string of the molecule is Nc1nc(Cl)cc(NCCCN2CCS(=O)(=O)CC2)n1. The summed E-state index contributed by atoms with van der Waals surface area (Å²) in [6.07, 6.45) is 0.890. The quantitative estimate of drug-likeness (QED) is 0.592. The first-order chi connectivity index (χ1) is 9.44. The highest BCUT2D eigenvalue weighted by molar-refractivity contribution is 7.91. The minimum Gasteiger partial charge on any atom is -0.370 e. The van der Waals surface area contributed by atoms with E-state index in [1.165, 1.54) is 0 Å². The van der Waals surface area contributed by atoms with Gasteiger partial charge in [-0.2, -0.15) is 4.98 Å². The Morgan fingerprint density at radius 1 is 1.35 bits per heavy atom. The number of anilines is 2. The molecule has 20 heavy (non-hydrogen) atoms. The molecule has 0 bridgehead atoms. The van der Waals surface area contributed by atoms with Crippen molar-refractivity contribution >= 4 is 33.2 Å². The van der Waals surface area contributed by atoms with E-state index in [1.807, 2.05) is 0 Å². The standard InChI is InChI=1S/C11H18ClN5O2S/c12-9-8-10(16-11(13)15-9)14-2-1-3-17-4-6-20(18,19)7-5-17/h8H,1-7H2,(H3,13,14,15,16). The summed E-state index contributed by atoms with van der Waals surface area (Å²) in [5.41, 5.74) is 5.49. The second kappa shape index (κ2) is 6.55. The van der Waals surface area contributed by atoms with Crippen LogP contribution in [0.4, 0.5) is 11.8 Å². The maximum absolute atomic E-state index is 11.3. The molecular formula is C11H18ClN5O2S. The fourth-order valence-corrected chi connectivity index (χ4v) is 3.49. The summed E-state index contributed by atoms with van der Waals surface area (Å²) in [6, 6.07) is 1.62. The van der Waals surface area contributed by atoms with E-state index in [0.717, 1.165) is 19.5 Å². The van der Waals surface area contributed by atoms with Gasteiger partial charge in [-0.3, -0.25) is 0 Å². The van der Waals surface area contributed by atoms with Crippen LogP contribution >= 0.6 is 11.6 Å². The second-order valence-corrected chi connectivity index (χ2v) is 7.40. The summed E-state index contributed by atoms with van der Waals surface area (Å²) in [4.78, 5) is 9.95. The predicted molar refractivity (Wildman–Crippen MR) is 79.7 cm³/mol. The van der Waals surface area contributed by atoms with Crippen LogP contribution in [0.25, 0.3) is 0 Å². The monoisotopic (exact) mass is 319 g/mol. The van der Waals surface area contributed by atoms with Gasteiger partial charge in [0.05, 0.1) is 11.5 Å². The normalized spacial score (nSPS) is 18.9. The maximum Gasteiger partial charge on any atom is 0.223 e. The van der Waals surface area contributed by atoms with Crippen molar-refractivity contribution in [3.8, 4) is 0 Å². The highest BCUT2D eigenvalue weighted by Crippen LogP contribution is 2.12. The van der Waals surface area contributed by atoms with Gasteiger partial charge in [0, 0.05) is 25.7 Å². The lowest BCUT2D eigenvalue weighted by atomic mass is 10.3. The molecule has 0 aromatic carbocycles. The van der Waals surface area contributed by atoms with Gasteiger partial charge in [-0.1, -0.05) is 11.6 Å². The van der Waals surface area contributed by atoms with E-state index in [4.69, 9.17) is 17.3 Å². The van der Waals surface area contributed by atoms with Crippen LogP contribution in [0.15, 0.2) is 6.07 Å². The number of nitrogen functional groups attached to an aromatic ring is 1. The zero-order valence-corrected chi connectivity index (χ0v) is 12.6. The highest BCUT2D eigenvalue weighted by Gasteiger charge is 2.20. The highest BCUT2D eigenvalue weighted by atomic mass is 35.5. The number of aromatic nitrogens is 2.